The van der Waals surface area contributed by atoms with Crippen molar-refractivity contribution in [2.24, 2.45) is 5.92 Å². The van der Waals surface area contributed by atoms with E-state index in [4.69, 9.17) is 0 Å². The minimum absolute atomic E-state index is 0.0326. The Morgan fingerprint density at radius 1 is 1.04 bits per heavy atom. The van der Waals surface area contributed by atoms with E-state index in [1.54, 1.807) is 6.92 Å². The maximum Gasteiger partial charge on any atom is 0.227 e. The van der Waals surface area contributed by atoms with Gasteiger partial charge in [-0.1, -0.05) is 18.2 Å². The molecule has 0 saturated carbocycles. The van der Waals surface area contributed by atoms with Gasteiger partial charge in [-0.2, -0.15) is 0 Å². The van der Waals surface area contributed by atoms with Gasteiger partial charge in [0, 0.05) is 26.6 Å². The summed E-state index contributed by atoms with van der Waals surface area (Å²) in [4.78, 5) is 28.6. The van der Waals surface area contributed by atoms with Crippen LogP contribution in [0.1, 0.15) is 55.3 Å². The minimum atomic E-state index is -0.0326. The van der Waals surface area contributed by atoms with Gasteiger partial charge in [-0.15, -0.1) is 0 Å². The fraction of sp³-hybridized carbons (Fsp3) is 0.600. The SMILES string of the molecule is CC(=O)N1CCC[C@H](C(=O)N2CCC[C@H]2c2ccc(C)c(C)c2)C1. The summed E-state index contributed by atoms with van der Waals surface area (Å²) in [5.74, 6) is 0.288. The van der Waals surface area contributed by atoms with Crippen LogP contribution in [-0.2, 0) is 9.59 Å². The number of carbonyl (C=O) groups is 2. The van der Waals surface area contributed by atoms with Gasteiger partial charge in [-0.05, 0) is 56.2 Å². The zero-order valence-electron chi connectivity index (χ0n) is 15.0. The Morgan fingerprint density at radius 3 is 2.50 bits per heavy atom. The van der Waals surface area contributed by atoms with Crippen molar-refractivity contribution in [1.29, 1.82) is 0 Å². The molecule has 4 heteroatoms. The van der Waals surface area contributed by atoms with Crippen LogP contribution in [0.5, 0.6) is 0 Å². The van der Waals surface area contributed by atoms with Gasteiger partial charge in [-0.25, -0.2) is 0 Å². The maximum atomic E-state index is 13.1. The number of nitrogens with zero attached hydrogens (tertiary/aromatic N) is 2. The number of rotatable bonds is 2. The number of hydrogen-bond donors (Lipinski definition) is 0. The quantitative estimate of drug-likeness (QED) is 0.836. The Kier molecular flexibility index (Phi) is 4.93. The number of hydrogen-bond acceptors (Lipinski definition) is 2. The molecule has 4 nitrogen and oxygen atoms in total. The second-order valence-electron chi connectivity index (χ2n) is 7.34. The van der Waals surface area contributed by atoms with Gasteiger partial charge in [0.25, 0.3) is 0 Å². The first kappa shape index (κ1) is 17.0. The average Bonchev–Trinajstić information content (AvgIpc) is 3.06. The van der Waals surface area contributed by atoms with Gasteiger partial charge >= 0.3 is 0 Å². The highest BCUT2D eigenvalue weighted by Gasteiger charge is 2.36. The lowest BCUT2D eigenvalue weighted by Gasteiger charge is -2.35. The van der Waals surface area contributed by atoms with Crippen LogP contribution in [0.4, 0.5) is 0 Å². The summed E-state index contributed by atoms with van der Waals surface area (Å²) < 4.78 is 0. The van der Waals surface area contributed by atoms with Gasteiger partial charge < -0.3 is 9.80 Å². The number of piperidine rings is 1. The van der Waals surface area contributed by atoms with Gasteiger partial charge in [0.15, 0.2) is 0 Å². The smallest absolute Gasteiger partial charge is 0.227 e. The fourth-order valence-electron chi connectivity index (χ4n) is 4.05. The summed E-state index contributed by atoms with van der Waals surface area (Å²) in [5, 5.41) is 0. The molecule has 0 N–H and O–H groups in total. The third kappa shape index (κ3) is 3.33. The van der Waals surface area contributed by atoms with Crippen molar-refractivity contribution in [3.8, 4) is 0 Å². The molecule has 1 aromatic rings. The third-order valence-electron chi connectivity index (χ3n) is 5.67. The van der Waals surface area contributed by atoms with Crippen molar-refractivity contribution in [1.82, 2.24) is 9.80 Å². The molecule has 0 radical (unpaired) electrons. The Balaban J connectivity index is 1.76. The zero-order valence-corrected chi connectivity index (χ0v) is 15.0. The molecule has 1 aromatic carbocycles. The predicted octanol–water partition coefficient (Wildman–Crippen LogP) is 3.23. The van der Waals surface area contributed by atoms with Gasteiger partial charge in [-0.3, -0.25) is 9.59 Å². The number of amides is 2. The van der Waals surface area contributed by atoms with E-state index in [0.717, 1.165) is 38.8 Å². The first-order chi connectivity index (χ1) is 11.5. The van der Waals surface area contributed by atoms with Crippen molar-refractivity contribution in [2.75, 3.05) is 19.6 Å². The Hall–Kier alpha value is -1.84. The minimum Gasteiger partial charge on any atom is -0.342 e. The van der Waals surface area contributed by atoms with Gasteiger partial charge in [0.05, 0.1) is 12.0 Å². The number of benzene rings is 1. The molecule has 0 unspecified atom stereocenters. The maximum absolute atomic E-state index is 13.1. The van der Waals surface area contributed by atoms with Crippen LogP contribution in [0.25, 0.3) is 0 Å². The summed E-state index contributed by atoms with van der Waals surface area (Å²) in [5.41, 5.74) is 3.83. The number of likely N-dealkylation sites (tertiary alicyclic amines) is 2. The molecule has 24 heavy (non-hydrogen) atoms. The Morgan fingerprint density at radius 2 is 1.79 bits per heavy atom. The molecule has 0 aliphatic carbocycles. The highest BCUT2D eigenvalue weighted by molar-refractivity contribution is 5.81. The molecule has 0 aromatic heterocycles. The molecular weight excluding hydrogens is 300 g/mol. The van der Waals surface area contributed by atoms with Crippen molar-refractivity contribution < 1.29 is 9.59 Å². The van der Waals surface area contributed by atoms with Crippen LogP contribution in [0.3, 0.4) is 0 Å². The van der Waals surface area contributed by atoms with Crippen molar-refractivity contribution in [2.45, 2.75) is 52.5 Å². The second-order valence-corrected chi connectivity index (χ2v) is 7.34. The topological polar surface area (TPSA) is 40.6 Å². The highest BCUT2D eigenvalue weighted by atomic mass is 16.2. The van der Waals surface area contributed by atoms with E-state index in [1.165, 1.54) is 16.7 Å². The zero-order chi connectivity index (χ0) is 17.3. The van der Waals surface area contributed by atoms with Gasteiger partial charge in [0.1, 0.15) is 0 Å². The molecule has 0 spiro atoms. The summed E-state index contributed by atoms with van der Waals surface area (Å²) in [7, 11) is 0. The normalized spacial score (nSPS) is 24.3. The fourth-order valence-corrected chi connectivity index (χ4v) is 4.05. The molecule has 0 bridgehead atoms. The molecule has 3 rings (SSSR count). The van der Waals surface area contributed by atoms with E-state index in [9.17, 15) is 9.59 Å². The van der Waals surface area contributed by atoms with E-state index >= 15 is 0 Å². The van der Waals surface area contributed by atoms with Crippen LogP contribution in [-0.4, -0.2) is 41.2 Å². The lowest BCUT2D eigenvalue weighted by molar-refractivity contribution is -0.140. The molecule has 2 aliphatic heterocycles. The summed E-state index contributed by atoms with van der Waals surface area (Å²) in [6, 6.07) is 6.75. The number of carbonyl (C=O) groups excluding carboxylic acids is 2. The molecule has 2 saturated heterocycles. The van der Waals surface area contributed by atoms with E-state index in [1.807, 2.05) is 4.90 Å². The van der Waals surface area contributed by atoms with Crippen molar-refractivity contribution >= 4 is 11.8 Å². The van der Waals surface area contributed by atoms with Crippen LogP contribution < -0.4 is 0 Å². The van der Waals surface area contributed by atoms with Crippen molar-refractivity contribution in [3.63, 3.8) is 0 Å². The summed E-state index contributed by atoms with van der Waals surface area (Å²) in [6.45, 7) is 8.07. The Labute approximate surface area is 144 Å². The molecule has 130 valence electrons. The predicted molar refractivity (Wildman–Crippen MR) is 94.6 cm³/mol. The van der Waals surface area contributed by atoms with Crippen LogP contribution in [0, 0.1) is 19.8 Å². The molecular formula is C20H28N2O2. The van der Waals surface area contributed by atoms with Crippen LogP contribution >= 0.6 is 0 Å². The number of aryl methyl sites for hydroxylation is 2. The molecule has 2 atom stereocenters. The summed E-state index contributed by atoms with van der Waals surface area (Å²) >= 11 is 0. The van der Waals surface area contributed by atoms with Crippen molar-refractivity contribution in [3.05, 3.63) is 34.9 Å². The molecule has 2 heterocycles. The largest absolute Gasteiger partial charge is 0.342 e. The standard InChI is InChI=1S/C20H28N2O2/c1-14-8-9-17(12-15(14)2)19-7-5-11-22(19)20(24)18-6-4-10-21(13-18)16(3)23/h8-9,12,18-19H,4-7,10-11,13H2,1-3H3/t18-,19-/m0/s1. The monoisotopic (exact) mass is 328 g/mol. The van der Waals surface area contributed by atoms with E-state index < -0.39 is 0 Å². The van der Waals surface area contributed by atoms with Gasteiger partial charge in [0.2, 0.25) is 11.8 Å². The van der Waals surface area contributed by atoms with Crippen LogP contribution in [0.2, 0.25) is 0 Å². The van der Waals surface area contributed by atoms with Crippen LogP contribution in [0.15, 0.2) is 18.2 Å². The second kappa shape index (κ2) is 6.96. The highest BCUT2D eigenvalue weighted by Crippen LogP contribution is 2.35. The van der Waals surface area contributed by atoms with E-state index in [0.29, 0.717) is 6.54 Å². The van der Waals surface area contributed by atoms with E-state index in [-0.39, 0.29) is 23.8 Å². The van der Waals surface area contributed by atoms with E-state index in [2.05, 4.69) is 36.9 Å². The molecule has 2 fully saturated rings. The first-order valence-electron chi connectivity index (χ1n) is 9.10. The Bertz CT molecular complexity index is 641. The molecule has 2 aliphatic rings. The third-order valence-corrected chi connectivity index (χ3v) is 5.67. The lowest BCUT2D eigenvalue weighted by atomic mass is 9.94. The summed E-state index contributed by atoms with van der Waals surface area (Å²) in [6.07, 6.45) is 3.93. The average molecular weight is 328 g/mol. The molecule has 2 amide bonds. The lowest BCUT2D eigenvalue weighted by Crippen LogP contribution is -2.46. The first-order valence-corrected chi connectivity index (χ1v) is 9.10.